The molecule has 7 nitrogen and oxygen atoms in total. The van der Waals surface area contributed by atoms with Crippen molar-refractivity contribution < 1.29 is 22.7 Å². The summed E-state index contributed by atoms with van der Waals surface area (Å²) in [7, 11) is -3.67. The van der Waals surface area contributed by atoms with Crippen LogP contribution < -0.4 is 10.1 Å². The number of benzene rings is 2. The third kappa shape index (κ3) is 5.98. The summed E-state index contributed by atoms with van der Waals surface area (Å²) in [4.78, 5) is 12.0. The largest absolute Gasteiger partial charge is 0.492 e. The molecular weight excluding hydrogens is 416 g/mol. The predicted octanol–water partition coefficient (Wildman–Crippen LogP) is 4.30. The zero-order chi connectivity index (χ0) is 22.3. The van der Waals surface area contributed by atoms with Gasteiger partial charge < -0.3 is 9.47 Å². The molecule has 0 spiro atoms. The smallest absolute Gasteiger partial charge is 0.411 e. The fourth-order valence-electron chi connectivity index (χ4n) is 3.78. The number of hydrogen-bond acceptors (Lipinski definition) is 5. The molecule has 0 aliphatic carbocycles. The zero-order valence-electron chi connectivity index (χ0n) is 18.0. The minimum Gasteiger partial charge on any atom is -0.492 e. The first-order valence-corrected chi connectivity index (χ1v) is 12.1. The van der Waals surface area contributed by atoms with E-state index < -0.39 is 16.1 Å². The third-order valence-corrected chi connectivity index (χ3v) is 7.24. The van der Waals surface area contributed by atoms with Crippen molar-refractivity contribution in [2.45, 2.75) is 38.0 Å². The van der Waals surface area contributed by atoms with Crippen molar-refractivity contribution in [1.29, 1.82) is 0 Å². The number of nitrogens with zero attached hydrogens (tertiary/aromatic N) is 1. The van der Waals surface area contributed by atoms with Crippen LogP contribution in [0.25, 0.3) is 0 Å². The molecule has 0 saturated carbocycles. The minimum atomic E-state index is -3.67. The number of hydrogen-bond donors (Lipinski definition) is 1. The Labute approximate surface area is 184 Å². The first kappa shape index (κ1) is 23.1. The second-order valence-electron chi connectivity index (χ2n) is 7.47. The Hall–Kier alpha value is -2.58. The Morgan fingerprint density at radius 1 is 1.06 bits per heavy atom. The molecule has 8 heteroatoms. The van der Waals surface area contributed by atoms with Gasteiger partial charge in [0.05, 0.1) is 23.8 Å². The molecule has 2 aromatic rings. The molecular formula is C23H30N2O5S. The normalized spacial score (nSPS) is 15.4. The highest BCUT2D eigenvalue weighted by Crippen LogP contribution is 2.31. The summed E-state index contributed by atoms with van der Waals surface area (Å²) in [5.74, 6) is 0.867. The van der Waals surface area contributed by atoms with E-state index in [1.54, 1.807) is 13.0 Å². The van der Waals surface area contributed by atoms with Gasteiger partial charge in [0.25, 0.3) is 0 Å². The lowest BCUT2D eigenvalue weighted by Crippen LogP contribution is -2.38. The summed E-state index contributed by atoms with van der Waals surface area (Å²) in [6, 6.07) is 14.8. The molecule has 1 fully saturated rings. The number of carbonyl (C=O) groups is 1. The van der Waals surface area contributed by atoms with E-state index in [9.17, 15) is 13.2 Å². The van der Waals surface area contributed by atoms with Gasteiger partial charge in [-0.2, -0.15) is 4.31 Å². The molecule has 2 aromatic carbocycles. The maximum Gasteiger partial charge on any atom is 0.411 e. The van der Waals surface area contributed by atoms with Crippen LogP contribution in [-0.2, 0) is 21.2 Å². The molecule has 0 bridgehead atoms. The van der Waals surface area contributed by atoms with Crippen molar-refractivity contribution in [2.75, 3.05) is 31.6 Å². The number of rotatable bonds is 8. The molecule has 168 valence electrons. The molecule has 31 heavy (non-hydrogen) atoms. The second-order valence-corrected chi connectivity index (χ2v) is 9.41. The van der Waals surface area contributed by atoms with Gasteiger partial charge in [0.2, 0.25) is 10.0 Å². The Kier molecular flexibility index (Phi) is 7.92. The van der Waals surface area contributed by atoms with Crippen LogP contribution in [0.4, 0.5) is 10.5 Å². The van der Waals surface area contributed by atoms with E-state index in [1.807, 2.05) is 25.1 Å². The van der Waals surface area contributed by atoms with E-state index in [1.165, 1.54) is 22.0 Å². The molecule has 1 heterocycles. The number of sulfonamides is 1. The molecule has 1 aliphatic heterocycles. The average Bonchev–Trinajstić information content (AvgIpc) is 2.76. The number of nitrogens with one attached hydrogen (secondary N) is 1. The van der Waals surface area contributed by atoms with Crippen molar-refractivity contribution in [3.05, 3.63) is 54.1 Å². The van der Waals surface area contributed by atoms with E-state index in [2.05, 4.69) is 17.4 Å². The number of anilines is 1. The third-order valence-electron chi connectivity index (χ3n) is 5.34. The fraction of sp³-hybridized carbons (Fsp3) is 0.435. The van der Waals surface area contributed by atoms with Crippen LogP contribution in [-0.4, -0.2) is 45.1 Å². The van der Waals surface area contributed by atoms with Crippen LogP contribution in [0.15, 0.2) is 53.4 Å². The van der Waals surface area contributed by atoms with Crippen molar-refractivity contribution in [1.82, 2.24) is 4.31 Å². The molecule has 1 N–H and O–H groups in total. The predicted molar refractivity (Wildman–Crippen MR) is 120 cm³/mol. The molecule has 0 aromatic heterocycles. The van der Waals surface area contributed by atoms with Gasteiger partial charge in [0.1, 0.15) is 5.75 Å². The topological polar surface area (TPSA) is 84.9 Å². The van der Waals surface area contributed by atoms with E-state index in [-0.39, 0.29) is 17.2 Å². The molecule has 1 saturated heterocycles. The van der Waals surface area contributed by atoms with Crippen LogP contribution >= 0.6 is 0 Å². The molecule has 0 atom stereocenters. The van der Waals surface area contributed by atoms with Crippen LogP contribution in [0.2, 0.25) is 0 Å². The van der Waals surface area contributed by atoms with Crippen LogP contribution in [0.1, 0.15) is 32.3 Å². The Bertz CT molecular complexity index is 971. The molecule has 1 aliphatic rings. The highest BCUT2D eigenvalue weighted by molar-refractivity contribution is 7.89. The quantitative estimate of drug-likeness (QED) is 0.654. The van der Waals surface area contributed by atoms with Crippen molar-refractivity contribution in [2.24, 2.45) is 5.92 Å². The molecule has 0 radical (unpaired) electrons. The van der Waals surface area contributed by atoms with Gasteiger partial charge >= 0.3 is 6.09 Å². The summed E-state index contributed by atoms with van der Waals surface area (Å²) in [5.41, 5.74) is 1.56. The van der Waals surface area contributed by atoms with Gasteiger partial charge in [-0.15, -0.1) is 0 Å². The number of carbonyl (C=O) groups excluding carboxylic acids is 1. The van der Waals surface area contributed by atoms with E-state index in [0.29, 0.717) is 31.4 Å². The number of ether oxygens (including phenoxy) is 2. The van der Waals surface area contributed by atoms with Gasteiger partial charge in [-0.1, -0.05) is 30.3 Å². The second kappa shape index (κ2) is 10.6. The van der Waals surface area contributed by atoms with Crippen LogP contribution in [0.3, 0.4) is 0 Å². The zero-order valence-corrected chi connectivity index (χ0v) is 18.9. The molecule has 3 rings (SSSR count). The SMILES string of the molecule is CCOC(=O)Nc1cc(S(=O)(=O)N2CCC(Cc3ccccc3)CC2)ccc1OCC. The highest BCUT2D eigenvalue weighted by Gasteiger charge is 2.30. The number of piperidine rings is 1. The lowest BCUT2D eigenvalue weighted by Gasteiger charge is -2.31. The summed E-state index contributed by atoms with van der Waals surface area (Å²) in [6.07, 6.45) is 1.95. The standard InChI is InChI=1S/C23H30N2O5S/c1-3-29-22-11-10-20(17-21(22)24-23(26)30-4-2)31(27,28)25-14-12-19(13-15-25)16-18-8-6-5-7-9-18/h5-11,17,19H,3-4,12-16H2,1-2H3,(H,24,26). The van der Waals surface area contributed by atoms with Gasteiger partial charge in [-0.3, -0.25) is 5.32 Å². The summed E-state index contributed by atoms with van der Waals surface area (Å²) in [6.45, 7) is 5.08. The first-order valence-electron chi connectivity index (χ1n) is 10.7. The average molecular weight is 447 g/mol. The minimum absolute atomic E-state index is 0.129. The van der Waals surface area contributed by atoms with E-state index in [4.69, 9.17) is 9.47 Å². The highest BCUT2D eigenvalue weighted by atomic mass is 32.2. The van der Waals surface area contributed by atoms with Gasteiger partial charge in [0.15, 0.2) is 0 Å². The summed E-state index contributed by atoms with van der Waals surface area (Å²) in [5, 5.41) is 2.58. The Balaban J connectivity index is 1.71. The molecule has 1 amide bonds. The maximum absolute atomic E-state index is 13.2. The lowest BCUT2D eigenvalue weighted by atomic mass is 9.91. The van der Waals surface area contributed by atoms with Crippen molar-refractivity contribution >= 4 is 21.8 Å². The van der Waals surface area contributed by atoms with Crippen molar-refractivity contribution in [3.8, 4) is 5.75 Å². The number of amides is 1. The maximum atomic E-state index is 13.2. The van der Waals surface area contributed by atoms with Crippen LogP contribution in [0.5, 0.6) is 5.75 Å². The van der Waals surface area contributed by atoms with Gasteiger partial charge in [0, 0.05) is 13.1 Å². The first-order chi connectivity index (χ1) is 14.9. The van der Waals surface area contributed by atoms with Crippen LogP contribution in [0, 0.1) is 5.92 Å². The molecule has 0 unspecified atom stereocenters. The summed E-state index contributed by atoms with van der Waals surface area (Å²) < 4.78 is 38.4. The van der Waals surface area contributed by atoms with Crippen molar-refractivity contribution in [3.63, 3.8) is 0 Å². The lowest BCUT2D eigenvalue weighted by molar-refractivity contribution is 0.167. The van der Waals surface area contributed by atoms with Gasteiger partial charge in [-0.25, -0.2) is 13.2 Å². The van der Waals surface area contributed by atoms with Gasteiger partial charge in [-0.05, 0) is 62.8 Å². The Morgan fingerprint density at radius 3 is 2.42 bits per heavy atom. The monoisotopic (exact) mass is 446 g/mol. The fourth-order valence-corrected chi connectivity index (χ4v) is 5.27. The summed E-state index contributed by atoms with van der Waals surface area (Å²) >= 11 is 0. The Morgan fingerprint density at radius 2 is 1.77 bits per heavy atom. The van der Waals surface area contributed by atoms with E-state index >= 15 is 0 Å². The van der Waals surface area contributed by atoms with E-state index in [0.717, 1.165) is 19.3 Å².